The van der Waals surface area contributed by atoms with Crippen molar-refractivity contribution < 1.29 is 9.59 Å². The van der Waals surface area contributed by atoms with E-state index in [0.717, 1.165) is 48.3 Å². The third kappa shape index (κ3) is 2.52. The summed E-state index contributed by atoms with van der Waals surface area (Å²) in [7, 11) is 1.77. The maximum atomic E-state index is 13.3. The first-order valence-electron chi connectivity index (χ1n) is 8.82. The molecule has 2 amide bonds. The van der Waals surface area contributed by atoms with E-state index in [4.69, 9.17) is 0 Å². The van der Waals surface area contributed by atoms with Crippen molar-refractivity contribution in [1.29, 1.82) is 0 Å². The number of H-pyrrole nitrogens is 1. The third-order valence-corrected chi connectivity index (χ3v) is 5.25. The van der Waals surface area contributed by atoms with Crippen LogP contribution in [-0.4, -0.2) is 35.6 Å². The van der Waals surface area contributed by atoms with Crippen LogP contribution in [0.5, 0.6) is 0 Å². The molecule has 2 aliphatic rings. The molecule has 0 saturated heterocycles. The number of carbonyl (C=O) groups is 2. The highest BCUT2D eigenvalue weighted by molar-refractivity contribution is 6.11. The quantitative estimate of drug-likeness (QED) is 0.869. The normalized spacial score (nSPS) is 20.1. The average Bonchev–Trinajstić information content (AvgIpc) is 3.04. The number of aromatic nitrogens is 2. The topological polar surface area (TPSA) is 69.3 Å². The van der Waals surface area contributed by atoms with Crippen molar-refractivity contribution in [3.05, 3.63) is 41.2 Å². The van der Waals surface area contributed by atoms with E-state index >= 15 is 0 Å². The summed E-state index contributed by atoms with van der Waals surface area (Å²) in [6, 6.07) is 7.56. The van der Waals surface area contributed by atoms with Crippen LogP contribution in [0.3, 0.4) is 0 Å². The standard InChI is InChI=1S/C19H22N4O2/c1-12-11-23(16-10-6-5-9-15(16)22(2)18(12)24)19(25)17-13-7-3-4-8-14(13)20-21-17/h5-6,9-10,12H,3-4,7-8,11H2,1-2H3,(H,20,21). The van der Waals surface area contributed by atoms with Crippen LogP contribution in [0.25, 0.3) is 0 Å². The summed E-state index contributed by atoms with van der Waals surface area (Å²) in [4.78, 5) is 29.2. The number of aromatic amines is 1. The number of hydrogen-bond donors (Lipinski definition) is 1. The molecule has 0 fully saturated rings. The van der Waals surface area contributed by atoms with Crippen LogP contribution in [0, 0.1) is 5.92 Å². The number of anilines is 2. The molecule has 25 heavy (non-hydrogen) atoms. The lowest BCUT2D eigenvalue weighted by atomic mass is 9.95. The predicted octanol–water partition coefficient (Wildman–Crippen LogP) is 2.55. The minimum Gasteiger partial charge on any atom is -0.313 e. The van der Waals surface area contributed by atoms with E-state index in [1.807, 2.05) is 31.2 Å². The van der Waals surface area contributed by atoms with E-state index in [-0.39, 0.29) is 17.7 Å². The Labute approximate surface area is 146 Å². The first-order valence-corrected chi connectivity index (χ1v) is 8.82. The molecule has 1 atom stereocenters. The molecule has 2 heterocycles. The van der Waals surface area contributed by atoms with Crippen LogP contribution < -0.4 is 9.80 Å². The molecule has 130 valence electrons. The number of benzene rings is 1. The van der Waals surface area contributed by atoms with Gasteiger partial charge in [-0.2, -0.15) is 5.10 Å². The highest BCUT2D eigenvalue weighted by atomic mass is 16.2. The Hall–Kier alpha value is -2.63. The Bertz CT molecular complexity index is 842. The Morgan fingerprint density at radius 1 is 1.20 bits per heavy atom. The lowest BCUT2D eigenvalue weighted by Crippen LogP contribution is -2.37. The number of fused-ring (bicyclic) bond motifs is 2. The fourth-order valence-electron chi connectivity index (χ4n) is 3.85. The zero-order chi connectivity index (χ0) is 17.6. The smallest absolute Gasteiger partial charge is 0.279 e. The maximum Gasteiger partial charge on any atom is 0.279 e. The molecule has 1 N–H and O–H groups in total. The van der Waals surface area contributed by atoms with E-state index < -0.39 is 0 Å². The highest BCUT2D eigenvalue weighted by Gasteiger charge is 2.34. The Balaban J connectivity index is 1.78. The molecule has 1 aromatic carbocycles. The molecule has 4 rings (SSSR count). The maximum absolute atomic E-state index is 13.3. The molecule has 0 saturated carbocycles. The van der Waals surface area contributed by atoms with E-state index in [1.54, 1.807) is 16.8 Å². The number of aryl methyl sites for hydroxylation is 1. The van der Waals surface area contributed by atoms with Gasteiger partial charge in [-0.05, 0) is 37.8 Å². The number of rotatable bonds is 1. The second-order valence-corrected chi connectivity index (χ2v) is 6.94. The number of carbonyl (C=O) groups excluding carboxylic acids is 2. The molecular formula is C19H22N4O2. The van der Waals surface area contributed by atoms with Gasteiger partial charge >= 0.3 is 0 Å². The SMILES string of the molecule is CC1CN(C(=O)c2n[nH]c3c2CCCC3)c2ccccc2N(C)C1=O. The van der Waals surface area contributed by atoms with Crippen LogP contribution in [0.2, 0.25) is 0 Å². The minimum atomic E-state index is -0.267. The van der Waals surface area contributed by atoms with Gasteiger partial charge in [0.1, 0.15) is 0 Å². The molecule has 0 radical (unpaired) electrons. The summed E-state index contributed by atoms with van der Waals surface area (Å²) in [5, 5.41) is 7.36. The largest absolute Gasteiger partial charge is 0.313 e. The van der Waals surface area contributed by atoms with E-state index in [2.05, 4.69) is 10.2 Å². The van der Waals surface area contributed by atoms with E-state index in [1.165, 1.54) is 0 Å². The number of amides is 2. The molecule has 6 nitrogen and oxygen atoms in total. The minimum absolute atomic E-state index is 0.0202. The monoisotopic (exact) mass is 338 g/mol. The van der Waals surface area contributed by atoms with Gasteiger partial charge in [0.25, 0.3) is 5.91 Å². The van der Waals surface area contributed by atoms with Crippen LogP contribution in [0.1, 0.15) is 41.5 Å². The molecule has 1 unspecified atom stereocenters. The summed E-state index contributed by atoms with van der Waals surface area (Å²) < 4.78 is 0. The summed E-state index contributed by atoms with van der Waals surface area (Å²) in [5.41, 5.74) is 4.16. The number of nitrogens with zero attached hydrogens (tertiary/aromatic N) is 3. The fraction of sp³-hybridized carbons (Fsp3) is 0.421. The van der Waals surface area contributed by atoms with Gasteiger partial charge in [-0.3, -0.25) is 14.7 Å². The van der Waals surface area contributed by atoms with Crippen molar-refractivity contribution in [2.75, 3.05) is 23.4 Å². The first-order chi connectivity index (χ1) is 12.1. The molecule has 0 bridgehead atoms. The molecule has 1 aliphatic heterocycles. The van der Waals surface area contributed by atoms with Crippen LogP contribution in [0.4, 0.5) is 11.4 Å². The third-order valence-electron chi connectivity index (χ3n) is 5.25. The van der Waals surface area contributed by atoms with Gasteiger partial charge in [-0.15, -0.1) is 0 Å². The van der Waals surface area contributed by atoms with Gasteiger partial charge in [-0.25, -0.2) is 0 Å². The second-order valence-electron chi connectivity index (χ2n) is 6.94. The van der Waals surface area contributed by atoms with Gasteiger partial charge in [0.2, 0.25) is 5.91 Å². The van der Waals surface area contributed by atoms with Crippen LogP contribution >= 0.6 is 0 Å². The van der Waals surface area contributed by atoms with Gasteiger partial charge < -0.3 is 9.80 Å². The first kappa shape index (κ1) is 15.9. The second kappa shape index (κ2) is 6.02. The molecule has 1 aliphatic carbocycles. The lowest BCUT2D eigenvalue weighted by Gasteiger charge is -2.24. The van der Waals surface area contributed by atoms with Crippen molar-refractivity contribution in [2.45, 2.75) is 32.6 Å². The summed E-state index contributed by atoms with van der Waals surface area (Å²) in [6.45, 7) is 2.23. The van der Waals surface area contributed by atoms with Crippen molar-refractivity contribution in [3.63, 3.8) is 0 Å². The highest BCUT2D eigenvalue weighted by Crippen LogP contribution is 2.34. The zero-order valence-corrected chi connectivity index (χ0v) is 14.6. The van der Waals surface area contributed by atoms with Gasteiger partial charge in [0.05, 0.1) is 17.3 Å². The molecular weight excluding hydrogens is 316 g/mol. The molecule has 0 spiro atoms. The van der Waals surface area contributed by atoms with Crippen molar-refractivity contribution in [2.24, 2.45) is 5.92 Å². The summed E-state index contributed by atoms with van der Waals surface area (Å²) in [5.74, 6) is -0.371. The number of para-hydroxylation sites is 2. The predicted molar refractivity (Wildman–Crippen MR) is 95.9 cm³/mol. The van der Waals surface area contributed by atoms with E-state index in [9.17, 15) is 9.59 Å². The molecule has 6 heteroatoms. The van der Waals surface area contributed by atoms with Gasteiger partial charge in [0, 0.05) is 24.8 Å². The van der Waals surface area contributed by atoms with Crippen molar-refractivity contribution in [1.82, 2.24) is 10.2 Å². The Morgan fingerprint density at radius 3 is 2.72 bits per heavy atom. The molecule has 1 aromatic heterocycles. The van der Waals surface area contributed by atoms with Gasteiger partial charge in [0.15, 0.2) is 5.69 Å². The Morgan fingerprint density at radius 2 is 1.92 bits per heavy atom. The summed E-state index contributed by atoms with van der Waals surface area (Å²) >= 11 is 0. The van der Waals surface area contributed by atoms with Crippen molar-refractivity contribution in [3.8, 4) is 0 Å². The van der Waals surface area contributed by atoms with E-state index in [0.29, 0.717) is 12.2 Å². The van der Waals surface area contributed by atoms with Crippen LogP contribution in [-0.2, 0) is 17.6 Å². The number of nitrogens with one attached hydrogen (secondary N) is 1. The van der Waals surface area contributed by atoms with Crippen molar-refractivity contribution >= 4 is 23.2 Å². The molecule has 2 aromatic rings. The van der Waals surface area contributed by atoms with Crippen LogP contribution in [0.15, 0.2) is 24.3 Å². The fourth-order valence-corrected chi connectivity index (χ4v) is 3.85. The summed E-state index contributed by atoms with van der Waals surface area (Å²) in [6.07, 6.45) is 4.05. The van der Waals surface area contributed by atoms with Gasteiger partial charge in [-0.1, -0.05) is 19.1 Å². The lowest BCUT2D eigenvalue weighted by molar-refractivity contribution is -0.121. The number of hydrogen-bond acceptors (Lipinski definition) is 3. The zero-order valence-electron chi connectivity index (χ0n) is 14.6. The Kier molecular flexibility index (Phi) is 3.82. The average molecular weight is 338 g/mol.